The molecule has 3 heterocycles. The predicted octanol–water partition coefficient (Wildman–Crippen LogP) is 2.92. The molecule has 0 N–H and O–H groups in total. The summed E-state index contributed by atoms with van der Waals surface area (Å²) < 4.78 is 5.37. The van der Waals surface area contributed by atoms with Crippen molar-refractivity contribution in [2.75, 3.05) is 46.3 Å². The van der Waals surface area contributed by atoms with Crippen molar-refractivity contribution in [3.8, 4) is 0 Å². The van der Waals surface area contributed by atoms with Gasteiger partial charge in [0, 0.05) is 56.3 Å². The number of piperidine rings is 1. The van der Waals surface area contributed by atoms with Crippen LogP contribution in [-0.2, 0) is 0 Å². The first-order chi connectivity index (χ1) is 12.6. The molecule has 5 nitrogen and oxygen atoms in total. The van der Waals surface area contributed by atoms with E-state index in [1.54, 1.807) is 6.26 Å². The zero-order valence-corrected chi connectivity index (χ0v) is 15.9. The number of carbonyl (C=O) groups is 1. The van der Waals surface area contributed by atoms with E-state index in [0.29, 0.717) is 12.0 Å². The summed E-state index contributed by atoms with van der Waals surface area (Å²) in [6.45, 7) is 8.77. The van der Waals surface area contributed by atoms with Crippen molar-refractivity contribution < 1.29 is 9.21 Å². The molecule has 0 bridgehead atoms. The number of rotatable bonds is 3. The van der Waals surface area contributed by atoms with Gasteiger partial charge in [-0.3, -0.25) is 9.69 Å². The van der Waals surface area contributed by atoms with E-state index in [1.165, 1.54) is 13.1 Å². The van der Waals surface area contributed by atoms with Crippen LogP contribution in [0.1, 0.15) is 30.1 Å². The first-order valence-corrected chi connectivity index (χ1v) is 9.81. The molecule has 0 saturated carbocycles. The van der Waals surface area contributed by atoms with Gasteiger partial charge in [-0.05, 0) is 57.0 Å². The molecule has 140 valence electrons. The Labute approximate surface area is 155 Å². The van der Waals surface area contributed by atoms with E-state index >= 15 is 0 Å². The number of nitrogens with zero attached hydrogens (tertiary/aromatic N) is 3. The summed E-state index contributed by atoms with van der Waals surface area (Å²) in [6.07, 6.45) is 3.88. The molecule has 1 atom stereocenters. The summed E-state index contributed by atoms with van der Waals surface area (Å²) in [7, 11) is 2.20. The summed E-state index contributed by atoms with van der Waals surface area (Å²) in [5.41, 5.74) is 1.60. The largest absolute Gasteiger partial charge is 0.464 e. The monoisotopic (exact) mass is 355 g/mol. The van der Waals surface area contributed by atoms with E-state index in [0.717, 1.165) is 55.6 Å². The Morgan fingerprint density at radius 2 is 1.81 bits per heavy atom. The van der Waals surface area contributed by atoms with Crippen LogP contribution in [0, 0.1) is 5.92 Å². The maximum atomic E-state index is 12.9. The van der Waals surface area contributed by atoms with Gasteiger partial charge >= 0.3 is 0 Å². The minimum absolute atomic E-state index is 0.152. The fourth-order valence-corrected chi connectivity index (χ4v) is 4.39. The minimum Gasteiger partial charge on any atom is -0.464 e. The van der Waals surface area contributed by atoms with Crippen molar-refractivity contribution in [2.24, 2.45) is 5.92 Å². The van der Waals surface area contributed by atoms with Crippen molar-refractivity contribution in [3.05, 3.63) is 36.1 Å². The summed E-state index contributed by atoms with van der Waals surface area (Å²) in [4.78, 5) is 19.9. The van der Waals surface area contributed by atoms with Crippen LogP contribution in [-0.4, -0.2) is 73.0 Å². The summed E-state index contributed by atoms with van der Waals surface area (Å²) in [6, 6.07) is 8.25. The molecular formula is C21H29N3O2. The number of piperazine rings is 1. The number of furan rings is 1. The van der Waals surface area contributed by atoms with E-state index in [9.17, 15) is 4.79 Å². The lowest BCUT2D eigenvalue weighted by Gasteiger charge is -2.42. The number of hydrogen-bond donors (Lipinski definition) is 0. The van der Waals surface area contributed by atoms with Gasteiger partial charge in [0.25, 0.3) is 5.91 Å². The molecule has 2 aromatic rings. The van der Waals surface area contributed by atoms with Crippen LogP contribution < -0.4 is 0 Å². The molecule has 0 spiro atoms. The molecule has 0 radical (unpaired) electrons. The zero-order valence-electron chi connectivity index (χ0n) is 15.9. The Bertz CT molecular complexity index is 755. The average molecular weight is 355 g/mol. The van der Waals surface area contributed by atoms with E-state index < -0.39 is 0 Å². The number of amides is 1. The van der Waals surface area contributed by atoms with Gasteiger partial charge in [-0.1, -0.05) is 0 Å². The number of fused-ring (bicyclic) bond motifs is 1. The predicted molar refractivity (Wildman–Crippen MR) is 103 cm³/mol. The lowest BCUT2D eigenvalue weighted by molar-refractivity contribution is 0.0500. The zero-order chi connectivity index (χ0) is 18.1. The molecule has 0 aliphatic carbocycles. The van der Waals surface area contributed by atoms with Crippen LogP contribution in [0.5, 0.6) is 0 Å². The standard InChI is InChI=1S/C21H29N3O2/c1-16(23-12-10-22(2)11-13-23)17-5-8-24(9-6-17)21(25)19-3-4-20-18(15-19)7-14-26-20/h3-4,7,14-17H,5-6,8-13H2,1-2H3. The molecule has 5 heteroatoms. The molecule has 2 fully saturated rings. The molecule has 1 aromatic heterocycles. The van der Waals surface area contributed by atoms with Crippen molar-refractivity contribution >= 4 is 16.9 Å². The van der Waals surface area contributed by atoms with Crippen LogP contribution in [0.2, 0.25) is 0 Å². The van der Waals surface area contributed by atoms with Gasteiger partial charge in [0.15, 0.2) is 0 Å². The maximum Gasteiger partial charge on any atom is 0.253 e. The third-order valence-electron chi connectivity index (χ3n) is 6.32. The fraction of sp³-hybridized carbons (Fsp3) is 0.571. The highest BCUT2D eigenvalue weighted by molar-refractivity contribution is 5.97. The summed E-state index contributed by atoms with van der Waals surface area (Å²) in [5, 5.41) is 0.995. The van der Waals surface area contributed by atoms with Gasteiger partial charge in [-0.15, -0.1) is 0 Å². The Morgan fingerprint density at radius 1 is 1.08 bits per heavy atom. The molecule has 26 heavy (non-hydrogen) atoms. The van der Waals surface area contributed by atoms with Gasteiger partial charge in [0.1, 0.15) is 5.58 Å². The number of carbonyl (C=O) groups excluding carboxylic acids is 1. The normalized spacial score (nSPS) is 22.0. The smallest absolute Gasteiger partial charge is 0.253 e. The molecular weight excluding hydrogens is 326 g/mol. The number of hydrogen-bond acceptors (Lipinski definition) is 4. The molecule has 2 saturated heterocycles. The van der Waals surface area contributed by atoms with Crippen molar-refractivity contribution in [1.82, 2.24) is 14.7 Å². The van der Waals surface area contributed by atoms with E-state index in [-0.39, 0.29) is 5.91 Å². The SMILES string of the molecule is CC(C1CCN(C(=O)c2ccc3occc3c2)CC1)N1CCN(C)CC1. The summed E-state index contributed by atoms with van der Waals surface area (Å²) in [5.74, 6) is 0.845. The Balaban J connectivity index is 1.34. The van der Waals surface area contributed by atoms with Crippen LogP contribution in [0.25, 0.3) is 11.0 Å². The summed E-state index contributed by atoms with van der Waals surface area (Å²) >= 11 is 0. The highest BCUT2D eigenvalue weighted by Crippen LogP contribution is 2.26. The van der Waals surface area contributed by atoms with Crippen LogP contribution >= 0.6 is 0 Å². The van der Waals surface area contributed by atoms with Gasteiger partial charge < -0.3 is 14.2 Å². The van der Waals surface area contributed by atoms with E-state index in [4.69, 9.17) is 4.42 Å². The van der Waals surface area contributed by atoms with Gasteiger partial charge in [0.2, 0.25) is 0 Å². The second-order valence-electron chi connectivity index (χ2n) is 7.88. The van der Waals surface area contributed by atoms with Crippen LogP contribution in [0.15, 0.2) is 34.9 Å². The topological polar surface area (TPSA) is 39.9 Å². The minimum atomic E-state index is 0.152. The molecule has 2 aliphatic heterocycles. The number of likely N-dealkylation sites (N-methyl/N-ethyl adjacent to an activating group) is 1. The lowest BCUT2D eigenvalue weighted by atomic mass is 9.88. The van der Waals surface area contributed by atoms with Gasteiger partial charge in [-0.2, -0.15) is 0 Å². The first-order valence-electron chi connectivity index (χ1n) is 9.81. The first kappa shape index (κ1) is 17.6. The Morgan fingerprint density at radius 3 is 2.54 bits per heavy atom. The molecule has 4 rings (SSSR count). The highest BCUT2D eigenvalue weighted by atomic mass is 16.3. The number of likely N-dealkylation sites (tertiary alicyclic amines) is 1. The third kappa shape index (κ3) is 3.51. The van der Waals surface area contributed by atoms with E-state index in [2.05, 4.69) is 23.8 Å². The molecule has 1 aromatic carbocycles. The third-order valence-corrected chi connectivity index (χ3v) is 6.32. The average Bonchev–Trinajstić information content (AvgIpc) is 3.15. The fourth-order valence-electron chi connectivity index (χ4n) is 4.39. The second kappa shape index (κ2) is 7.41. The molecule has 1 amide bonds. The lowest BCUT2D eigenvalue weighted by Crippen LogP contribution is -2.52. The van der Waals surface area contributed by atoms with Crippen molar-refractivity contribution in [1.29, 1.82) is 0 Å². The van der Waals surface area contributed by atoms with Crippen LogP contribution in [0.3, 0.4) is 0 Å². The van der Waals surface area contributed by atoms with Crippen molar-refractivity contribution in [2.45, 2.75) is 25.8 Å². The quantitative estimate of drug-likeness (QED) is 0.849. The number of benzene rings is 1. The molecule has 1 unspecified atom stereocenters. The molecule has 2 aliphatic rings. The van der Waals surface area contributed by atoms with E-state index in [1.807, 2.05) is 29.2 Å². The van der Waals surface area contributed by atoms with Gasteiger partial charge in [0.05, 0.1) is 6.26 Å². The Kier molecular flexibility index (Phi) is 5.00. The highest BCUT2D eigenvalue weighted by Gasteiger charge is 2.30. The van der Waals surface area contributed by atoms with Crippen LogP contribution in [0.4, 0.5) is 0 Å². The van der Waals surface area contributed by atoms with Gasteiger partial charge in [-0.25, -0.2) is 0 Å². The van der Waals surface area contributed by atoms with Crippen molar-refractivity contribution in [3.63, 3.8) is 0 Å². The Hall–Kier alpha value is -1.85. The maximum absolute atomic E-state index is 12.9. The second-order valence-corrected chi connectivity index (χ2v) is 7.88.